The molecule has 190 valence electrons. The molecular formula is C29H28N2O4S2. The van der Waals surface area contributed by atoms with Crippen molar-refractivity contribution < 1.29 is 18.3 Å². The van der Waals surface area contributed by atoms with E-state index in [1.807, 2.05) is 6.07 Å². The Bertz CT molecular complexity index is 1490. The second-order valence-electron chi connectivity index (χ2n) is 9.72. The molecule has 1 aromatic heterocycles. The summed E-state index contributed by atoms with van der Waals surface area (Å²) in [6.45, 7) is 0.931. The van der Waals surface area contributed by atoms with E-state index >= 15 is 0 Å². The van der Waals surface area contributed by atoms with Gasteiger partial charge in [0.2, 0.25) is 0 Å². The van der Waals surface area contributed by atoms with Gasteiger partial charge < -0.3 is 15.2 Å². The van der Waals surface area contributed by atoms with Crippen LogP contribution in [0.1, 0.15) is 42.0 Å². The van der Waals surface area contributed by atoms with Crippen molar-refractivity contribution in [2.24, 2.45) is 0 Å². The topological polar surface area (TPSA) is 87.7 Å². The van der Waals surface area contributed by atoms with E-state index < -0.39 is 10.0 Å². The average Bonchev–Trinajstić information content (AvgIpc) is 3.42. The summed E-state index contributed by atoms with van der Waals surface area (Å²) in [6, 6.07) is 24.4. The molecule has 8 heteroatoms. The first-order valence-electron chi connectivity index (χ1n) is 12.4. The van der Waals surface area contributed by atoms with Gasteiger partial charge in [0.1, 0.15) is 21.5 Å². The lowest BCUT2D eigenvalue weighted by molar-refractivity contribution is 0.164. The number of nitrogens with one attached hydrogen (secondary N) is 2. The maximum atomic E-state index is 12.5. The first-order chi connectivity index (χ1) is 17.9. The van der Waals surface area contributed by atoms with Crippen molar-refractivity contribution in [2.45, 2.75) is 41.3 Å². The molecule has 0 bridgehead atoms. The molecule has 6 rings (SSSR count). The van der Waals surface area contributed by atoms with Gasteiger partial charge in [-0.15, -0.1) is 11.3 Å². The largest absolute Gasteiger partial charge is 0.508 e. The van der Waals surface area contributed by atoms with Gasteiger partial charge in [-0.3, -0.25) is 4.72 Å². The maximum Gasteiger partial charge on any atom is 0.271 e. The molecule has 1 atom stereocenters. The Hall–Kier alpha value is -3.33. The van der Waals surface area contributed by atoms with Gasteiger partial charge in [-0.25, -0.2) is 8.42 Å². The Kier molecular flexibility index (Phi) is 6.18. The fraction of sp³-hybridized carbons (Fsp3) is 0.241. The molecule has 0 amide bonds. The molecule has 3 aromatic carbocycles. The molecule has 3 N–H and O–H groups in total. The Balaban J connectivity index is 1.23. The van der Waals surface area contributed by atoms with Gasteiger partial charge >= 0.3 is 0 Å². The van der Waals surface area contributed by atoms with Gasteiger partial charge in [0.25, 0.3) is 10.0 Å². The Morgan fingerprint density at radius 3 is 2.41 bits per heavy atom. The van der Waals surface area contributed by atoms with Crippen molar-refractivity contribution in [3.8, 4) is 17.2 Å². The number of hydrogen-bond acceptors (Lipinski definition) is 6. The zero-order chi connectivity index (χ0) is 25.5. The highest BCUT2D eigenvalue weighted by molar-refractivity contribution is 7.94. The molecular weight excluding hydrogens is 504 g/mol. The number of thiophene rings is 1. The molecule has 1 aliphatic heterocycles. The molecule has 0 saturated heterocycles. The minimum atomic E-state index is -3.59. The highest BCUT2D eigenvalue weighted by atomic mass is 32.2. The van der Waals surface area contributed by atoms with Crippen LogP contribution in [0.5, 0.6) is 17.2 Å². The third kappa shape index (κ3) is 4.61. The maximum absolute atomic E-state index is 12.5. The van der Waals surface area contributed by atoms with Crippen LogP contribution >= 0.6 is 11.3 Å². The monoisotopic (exact) mass is 532 g/mol. The summed E-state index contributed by atoms with van der Waals surface area (Å²) < 4.78 is 34.1. The predicted molar refractivity (Wildman–Crippen MR) is 146 cm³/mol. The van der Waals surface area contributed by atoms with Crippen LogP contribution in [-0.4, -0.2) is 20.1 Å². The van der Waals surface area contributed by atoms with Gasteiger partial charge in [0.15, 0.2) is 0 Å². The van der Waals surface area contributed by atoms with E-state index in [1.165, 1.54) is 34.4 Å². The van der Waals surface area contributed by atoms with Gasteiger partial charge in [-0.2, -0.15) is 0 Å². The van der Waals surface area contributed by atoms with E-state index in [4.69, 9.17) is 4.74 Å². The minimum Gasteiger partial charge on any atom is -0.508 e. The zero-order valence-corrected chi connectivity index (χ0v) is 21.8. The third-order valence-electron chi connectivity index (χ3n) is 7.51. The number of ether oxygens (including phenoxy) is 1. The van der Waals surface area contributed by atoms with E-state index in [-0.39, 0.29) is 21.4 Å². The molecule has 1 fully saturated rings. The number of benzene rings is 3. The molecule has 37 heavy (non-hydrogen) atoms. The minimum absolute atomic E-state index is 0.00284. The Morgan fingerprint density at radius 2 is 1.73 bits per heavy atom. The van der Waals surface area contributed by atoms with Gasteiger partial charge in [-0.05, 0) is 102 Å². The van der Waals surface area contributed by atoms with Gasteiger partial charge in [0, 0.05) is 17.1 Å². The summed E-state index contributed by atoms with van der Waals surface area (Å²) >= 11 is 1.18. The summed E-state index contributed by atoms with van der Waals surface area (Å²) in [5.74, 6) is 1.67. The highest BCUT2D eigenvalue weighted by Crippen LogP contribution is 2.54. The number of phenolic OH excluding ortho intramolecular Hbond substituents is 1. The van der Waals surface area contributed by atoms with Crippen molar-refractivity contribution >= 4 is 27.0 Å². The highest BCUT2D eigenvalue weighted by Gasteiger charge is 2.47. The molecule has 0 spiro atoms. The first kappa shape index (κ1) is 24.0. The number of aromatic hydroxyl groups is 1. The second-order valence-corrected chi connectivity index (χ2v) is 12.6. The third-order valence-corrected chi connectivity index (χ3v) is 10.3. The number of phenols is 1. The number of fused-ring (bicyclic) bond motifs is 1. The number of hydrogen-bond donors (Lipinski definition) is 3. The van der Waals surface area contributed by atoms with E-state index in [0.29, 0.717) is 11.4 Å². The van der Waals surface area contributed by atoms with Crippen molar-refractivity contribution in [3.63, 3.8) is 0 Å². The van der Waals surface area contributed by atoms with E-state index in [0.717, 1.165) is 31.6 Å². The standard InChI is InChI=1S/C29H28N2O4S2/c32-23-9-5-21(6-10-23)29(15-2-16-29)28-26-19-25(11-4-20(26)14-17-30-28)35-24-12-7-22(8-13-24)31-37(33,34)27-3-1-18-36-27/h1,3-13,18-19,28,30-32H,2,14-17H2. The Labute approximate surface area is 221 Å². The van der Waals surface area contributed by atoms with E-state index in [9.17, 15) is 13.5 Å². The number of rotatable bonds is 7. The van der Waals surface area contributed by atoms with E-state index in [1.54, 1.807) is 53.9 Å². The van der Waals surface area contributed by atoms with Crippen molar-refractivity contribution in [1.29, 1.82) is 0 Å². The molecule has 2 aliphatic rings. The average molecular weight is 533 g/mol. The van der Waals surface area contributed by atoms with Crippen LogP contribution in [0.25, 0.3) is 0 Å². The molecule has 1 saturated carbocycles. The van der Waals surface area contributed by atoms with Crippen LogP contribution in [0.2, 0.25) is 0 Å². The van der Waals surface area contributed by atoms with Crippen LogP contribution in [0.15, 0.2) is 88.5 Å². The molecule has 6 nitrogen and oxygen atoms in total. The summed E-state index contributed by atoms with van der Waals surface area (Å²) in [6.07, 6.45) is 4.36. The molecule has 1 unspecified atom stereocenters. The quantitative estimate of drug-likeness (QED) is 0.258. The normalized spacial score (nSPS) is 18.4. The SMILES string of the molecule is O=S(=O)(Nc1ccc(Oc2ccc3c(c2)C(C2(c4ccc(O)cc4)CCC2)NCC3)cc1)c1cccs1. The lowest BCUT2D eigenvalue weighted by atomic mass is 9.58. The first-order valence-corrected chi connectivity index (χ1v) is 14.8. The Morgan fingerprint density at radius 1 is 0.973 bits per heavy atom. The van der Waals surface area contributed by atoms with Crippen LogP contribution < -0.4 is 14.8 Å². The van der Waals surface area contributed by atoms with Crippen LogP contribution in [0.3, 0.4) is 0 Å². The van der Waals surface area contributed by atoms with Crippen molar-refractivity contribution in [2.75, 3.05) is 11.3 Å². The summed E-state index contributed by atoms with van der Waals surface area (Å²) in [7, 11) is -3.59. The van der Waals surface area contributed by atoms with Crippen LogP contribution in [-0.2, 0) is 21.9 Å². The fourth-order valence-corrected chi connectivity index (χ4v) is 7.58. The van der Waals surface area contributed by atoms with Crippen LogP contribution in [0, 0.1) is 0 Å². The van der Waals surface area contributed by atoms with E-state index in [2.05, 4.69) is 34.3 Å². The number of sulfonamides is 1. The summed E-state index contributed by atoms with van der Waals surface area (Å²) in [5.41, 5.74) is 4.34. The summed E-state index contributed by atoms with van der Waals surface area (Å²) in [4.78, 5) is 0. The predicted octanol–water partition coefficient (Wildman–Crippen LogP) is 6.36. The van der Waals surface area contributed by atoms with Crippen molar-refractivity contribution in [3.05, 3.63) is 101 Å². The zero-order valence-electron chi connectivity index (χ0n) is 20.2. The van der Waals surface area contributed by atoms with Gasteiger partial charge in [-0.1, -0.05) is 30.7 Å². The van der Waals surface area contributed by atoms with Crippen LogP contribution in [0.4, 0.5) is 5.69 Å². The smallest absolute Gasteiger partial charge is 0.271 e. The van der Waals surface area contributed by atoms with Gasteiger partial charge in [0.05, 0.1) is 0 Å². The lowest BCUT2D eigenvalue weighted by Gasteiger charge is -2.50. The fourth-order valence-electron chi connectivity index (χ4n) is 5.53. The molecule has 4 aromatic rings. The second kappa shape index (κ2) is 9.52. The van der Waals surface area contributed by atoms with Crippen molar-refractivity contribution in [1.82, 2.24) is 5.32 Å². The molecule has 1 aliphatic carbocycles. The number of anilines is 1. The molecule has 2 heterocycles. The molecule has 0 radical (unpaired) electrons. The summed E-state index contributed by atoms with van der Waals surface area (Å²) in [5, 5.41) is 15.3. The lowest BCUT2D eigenvalue weighted by Crippen LogP contribution is -2.49.